The molecule has 1 heterocycles. The van der Waals surface area contributed by atoms with Gasteiger partial charge in [-0.25, -0.2) is 0 Å². The van der Waals surface area contributed by atoms with E-state index in [-0.39, 0.29) is 0 Å². The quantitative estimate of drug-likeness (QED) is 0.791. The predicted octanol–water partition coefficient (Wildman–Crippen LogP) is 2.57. The number of halogens is 1. The molecule has 0 amide bonds. The van der Waals surface area contributed by atoms with E-state index in [1.54, 1.807) is 7.11 Å². The monoisotopic (exact) mass is 358 g/mol. The predicted molar refractivity (Wildman–Crippen MR) is 87.8 cm³/mol. The molecule has 0 saturated carbocycles. The number of nitrogens with zero attached hydrogens (tertiary/aromatic N) is 1. The number of hydrogen-bond acceptors (Lipinski definition) is 4. The highest BCUT2D eigenvalue weighted by Gasteiger charge is 2.16. The summed E-state index contributed by atoms with van der Waals surface area (Å²) in [5.41, 5.74) is 6.47. The Labute approximate surface area is 133 Å². The number of rotatable bonds is 6. The second-order valence-corrected chi connectivity index (χ2v) is 6.10. The zero-order chi connectivity index (χ0) is 14.5. The van der Waals surface area contributed by atoms with Gasteiger partial charge in [-0.1, -0.05) is 28.1 Å². The maximum atomic E-state index is 5.88. The minimum absolute atomic E-state index is 0.306. The Hall–Kier alpha value is -0.850. The van der Waals surface area contributed by atoms with E-state index in [1.165, 1.54) is 12.8 Å². The summed E-state index contributed by atoms with van der Waals surface area (Å²) in [5.74, 6) is 1.27. The molecule has 20 heavy (non-hydrogen) atoms. The Kier molecular flexibility index (Phi) is 5.63. The van der Waals surface area contributed by atoms with Crippen molar-refractivity contribution in [3.8, 4) is 11.5 Å². The SMILES string of the molecule is COc1cc(Br)cc(C(N)=S)c1OCCN1CCCC1. The van der Waals surface area contributed by atoms with Crippen LogP contribution in [-0.2, 0) is 0 Å². The molecule has 0 spiro atoms. The second kappa shape index (κ2) is 7.24. The lowest BCUT2D eigenvalue weighted by molar-refractivity contribution is 0.230. The molecule has 4 nitrogen and oxygen atoms in total. The highest BCUT2D eigenvalue weighted by Crippen LogP contribution is 2.34. The van der Waals surface area contributed by atoms with Gasteiger partial charge in [-0.3, -0.25) is 4.90 Å². The largest absolute Gasteiger partial charge is 0.493 e. The van der Waals surface area contributed by atoms with E-state index in [4.69, 9.17) is 27.4 Å². The first kappa shape index (κ1) is 15.5. The van der Waals surface area contributed by atoms with Crippen LogP contribution in [0.15, 0.2) is 16.6 Å². The molecule has 0 bridgehead atoms. The molecule has 0 unspecified atom stereocenters. The first-order valence-corrected chi connectivity index (χ1v) is 7.84. The van der Waals surface area contributed by atoms with Gasteiger partial charge in [0, 0.05) is 11.0 Å². The number of benzene rings is 1. The summed E-state index contributed by atoms with van der Waals surface area (Å²) in [7, 11) is 1.61. The van der Waals surface area contributed by atoms with E-state index in [9.17, 15) is 0 Å². The summed E-state index contributed by atoms with van der Waals surface area (Å²) in [5, 5.41) is 0. The van der Waals surface area contributed by atoms with Gasteiger partial charge in [0.1, 0.15) is 11.6 Å². The van der Waals surface area contributed by atoms with Crippen molar-refractivity contribution in [2.75, 3.05) is 33.4 Å². The van der Waals surface area contributed by atoms with Gasteiger partial charge in [0.25, 0.3) is 0 Å². The van der Waals surface area contributed by atoms with Crippen LogP contribution in [0.5, 0.6) is 11.5 Å². The molecule has 1 aliphatic heterocycles. The van der Waals surface area contributed by atoms with Crippen molar-refractivity contribution in [2.45, 2.75) is 12.8 Å². The molecule has 2 N–H and O–H groups in total. The number of nitrogens with two attached hydrogens (primary N) is 1. The van der Waals surface area contributed by atoms with Crippen molar-refractivity contribution in [1.29, 1.82) is 0 Å². The number of ether oxygens (including phenoxy) is 2. The molecule has 1 aliphatic rings. The Morgan fingerprint density at radius 3 is 2.70 bits per heavy atom. The van der Waals surface area contributed by atoms with Crippen molar-refractivity contribution >= 4 is 33.1 Å². The normalized spacial score (nSPS) is 15.3. The number of methoxy groups -OCH3 is 1. The Balaban J connectivity index is 2.09. The third-order valence-electron chi connectivity index (χ3n) is 3.36. The van der Waals surface area contributed by atoms with Gasteiger partial charge in [0.05, 0.1) is 12.7 Å². The fourth-order valence-corrected chi connectivity index (χ4v) is 2.92. The molecule has 1 aromatic rings. The van der Waals surface area contributed by atoms with Crippen molar-refractivity contribution in [1.82, 2.24) is 4.90 Å². The summed E-state index contributed by atoms with van der Waals surface area (Å²) in [6.45, 7) is 3.83. The van der Waals surface area contributed by atoms with Crippen LogP contribution in [0.25, 0.3) is 0 Å². The van der Waals surface area contributed by atoms with Crippen molar-refractivity contribution in [3.05, 3.63) is 22.2 Å². The number of likely N-dealkylation sites (tertiary alicyclic amines) is 1. The first-order valence-electron chi connectivity index (χ1n) is 6.64. The average Bonchev–Trinajstić information content (AvgIpc) is 2.92. The topological polar surface area (TPSA) is 47.7 Å². The molecular weight excluding hydrogens is 340 g/mol. The molecule has 0 atom stereocenters. The van der Waals surface area contributed by atoms with Crippen molar-refractivity contribution < 1.29 is 9.47 Å². The summed E-state index contributed by atoms with van der Waals surface area (Å²) >= 11 is 8.50. The third-order valence-corrected chi connectivity index (χ3v) is 4.04. The van der Waals surface area contributed by atoms with Gasteiger partial charge < -0.3 is 15.2 Å². The summed E-state index contributed by atoms with van der Waals surface area (Å²) in [6.07, 6.45) is 2.56. The minimum Gasteiger partial charge on any atom is -0.493 e. The summed E-state index contributed by atoms with van der Waals surface area (Å²) < 4.78 is 12.1. The smallest absolute Gasteiger partial charge is 0.171 e. The minimum atomic E-state index is 0.306. The summed E-state index contributed by atoms with van der Waals surface area (Å²) in [6, 6.07) is 3.71. The Morgan fingerprint density at radius 2 is 2.10 bits per heavy atom. The average molecular weight is 359 g/mol. The maximum absolute atomic E-state index is 5.88. The maximum Gasteiger partial charge on any atom is 0.171 e. The molecule has 1 saturated heterocycles. The zero-order valence-electron chi connectivity index (χ0n) is 11.5. The van der Waals surface area contributed by atoms with Crippen molar-refractivity contribution in [2.24, 2.45) is 5.73 Å². The van der Waals surface area contributed by atoms with E-state index in [0.717, 1.165) is 24.1 Å². The number of hydrogen-bond donors (Lipinski definition) is 1. The molecule has 0 aliphatic carbocycles. The second-order valence-electron chi connectivity index (χ2n) is 4.75. The molecule has 110 valence electrons. The Morgan fingerprint density at radius 1 is 1.40 bits per heavy atom. The van der Waals surface area contributed by atoms with Crippen LogP contribution in [-0.4, -0.2) is 43.2 Å². The first-order chi connectivity index (χ1) is 9.61. The van der Waals surface area contributed by atoms with E-state index in [1.807, 2.05) is 12.1 Å². The van der Waals surface area contributed by atoms with E-state index in [2.05, 4.69) is 20.8 Å². The highest BCUT2D eigenvalue weighted by atomic mass is 79.9. The standard InChI is InChI=1S/C14H19BrN2O2S/c1-18-12-9-10(15)8-11(14(16)20)13(12)19-7-6-17-4-2-3-5-17/h8-9H,2-7H2,1H3,(H2,16,20). The Bertz CT molecular complexity index is 490. The van der Waals surface area contributed by atoms with Crippen LogP contribution >= 0.6 is 28.1 Å². The van der Waals surface area contributed by atoms with Crippen LogP contribution in [0.4, 0.5) is 0 Å². The van der Waals surface area contributed by atoms with Gasteiger partial charge in [-0.05, 0) is 38.1 Å². The van der Waals surface area contributed by atoms with E-state index in [0.29, 0.717) is 28.7 Å². The fraction of sp³-hybridized carbons (Fsp3) is 0.500. The van der Waals surface area contributed by atoms with Gasteiger partial charge >= 0.3 is 0 Å². The van der Waals surface area contributed by atoms with Crippen LogP contribution in [0.3, 0.4) is 0 Å². The van der Waals surface area contributed by atoms with Gasteiger partial charge in [-0.15, -0.1) is 0 Å². The molecule has 1 fully saturated rings. The molecule has 0 radical (unpaired) electrons. The van der Waals surface area contributed by atoms with Gasteiger partial charge in [0.15, 0.2) is 11.5 Å². The zero-order valence-corrected chi connectivity index (χ0v) is 13.9. The van der Waals surface area contributed by atoms with Crippen LogP contribution < -0.4 is 15.2 Å². The van der Waals surface area contributed by atoms with Crippen LogP contribution in [0.2, 0.25) is 0 Å². The fourth-order valence-electron chi connectivity index (χ4n) is 2.34. The molecular formula is C14H19BrN2O2S. The highest BCUT2D eigenvalue weighted by molar-refractivity contribution is 9.10. The lowest BCUT2D eigenvalue weighted by Crippen LogP contribution is -2.25. The van der Waals surface area contributed by atoms with E-state index < -0.39 is 0 Å². The van der Waals surface area contributed by atoms with Crippen LogP contribution in [0.1, 0.15) is 18.4 Å². The molecule has 1 aromatic carbocycles. The van der Waals surface area contributed by atoms with E-state index >= 15 is 0 Å². The number of thiocarbonyl (C=S) groups is 1. The third kappa shape index (κ3) is 3.84. The molecule has 0 aromatic heterocycles. The van der Waals surface area contributed by atoms with Crippen LogP contribution in [0, 0.1) is 0 Å². The van der Waals surface area contributed by atoms with Crippen molar-refractivity contribution in [3.63, 3.8) is 0 Å². The molecule has 6 heteroatoms. The van der Waals surface area contributed by atoms with Gasteiger partial charge in [-0.2, -0.15) is 0 Å². The lowest BCUT2D eigenvalue weighted by atomic mass is 10.2. The van der Waals surface area contributed by atoms with Gasteiger partial charge in [0.2, 0.25) is 0 Å². The summed E-state index contributed by atoms with van der Waals surface area (Å²) in [4.78, 5) is 2.70. The lowest BCUT2D eigenvalue weighted by Gasteiger charge is -2.18. The molecule has 2 rings (SSSR count).